The highest BCUT2D eigenvalue weighted by molar-refractivity contribution is 6.04. The number of anilines is 2. The first-order chi connectivity index (χ1) is 37.9. The summed E-state index contributed by atoms with van der Waals surface area (Å²) in [7, 11) is 0. The Hall–Kier alpha value is -7.64. The second-order valence-corrected chi connectivity index (χ2v) is 19.4. The van der Waals surface area contributed by atoms with E-state index >= 15 is 0 Å². The number of carbonyl (C=O) groups excluding carboxylic acids is 4. The summed E-state index contributed by atoms with van der Waals surface area (Å²) in [6.45, 7) is 8.48. The van der Waals surface area contributed by atoms with Gasteiger partial charge in [-0.15, -0.1) is 0 Å². The highest BCUT2D eigenvalue weighted by atomic mass is 19.4. The van der Waals surface area contributed by atoms with Crippen molar-refractivity contribution in [2.45, 2.75) is 129 Å². The highest BCUT2D eigenvalue weighted by Crippen LogP contribution is 2.44. The summed E-state index contributed by atoms with van der Waals surface area (Å²) in [5, 5.41) is 22.4. The minimum absolute atomic E-state index is 0.0331. The second-order valence-electron chi connectivity index (χ2n) is 19.4. The molecule has 0 fully saturated rings. The van der Waals surface area contributed by atoms with Crippen LogP contribution in [0.4, 0.5) is 47.3 Å². The van der Waals surface area contributed by atoms with Gasteiger partial charge in [0.15, 0.2) is 0 Å². The lowest BCUT2D eigenvalue weighted by Crippen LogP contribution is -2.51. The summed E-state index contributed by atoms with van der Waals surface area (Å²) in [6.07, 6.45) is 0.814. The first kappa shape index (κ1) is 60.6. The standard InChI is InChI=1S/C60H67F6N7O6/c1-5-78-55(74)51-41(3)72(49-23-19-21-47(37-49)59(61,62)63)57(76)70(53(51)45-29-25-43(39-67)26-30-45)35-17-13-9-7-11-15-33-69-34-16-12-8-10-14-18-36-71-54(46-31-27-44(40-68)28-32-46)52(56(75)79-6-2)42(4)73(58(71)77)50-24-20-22-48(38-50)60(64,65)66/h19-32,37-38,53-54,69H,5-18,33-36H2,1-4H3/t53-,54?/m1/s1. The molecular formula is C60H67F6N7O6. The van der Waals surface area contributed by atoms with Crippen LogP contribution in [0.1, 0.15) is 150 Å². The lowest BCUT2D eigenvalue weighted by atomic mass is 9.91. The van der Waals surface area contributed by atoms with Crippen LogP contribution in [-0.4, -0.2) is 73.2 Å². The van der Waals surface area contributed by atoms with Gasteiger partial charge in [-0.05, 0) is 138 Å². The molecule has 19 heteroatoms. The van der Waals surface area contributed by atoms with E-state index in [4.69, 9.17) is 9.47 Å². The van der Waals surface area contributed by atoms with E-state index in [1.807, 2.05) is 0 Å². The summed E-state index contributed by atoms with van der Waals surface area (Å²) in [6, 6.07) is 23.0. The Morgan fingerprint density at radius 3 is 1.20 bits per heavy atom. The number of nitriles is 2. The maximum Gasteiger partial charge on any atom is 0.416 e. The molecule has 2 atom stereocenters. The van der Waals surface area contributed by atoms with Crippen molar-refractivity contribution in [3.05, 3.63) is 153 Å². The van der Waals surface area contributed by atoms with E-state index < -0.39 is 59.6 Å². The number of hydrogen-bond donors (Lipinski definition) is 1. The summed E-state index contributed by atoms with van der Waals surface area (Å²) >= 11 is 0. The molecule has 0 aliphatic carbocycles. The molecule has 4 aromatic rings. The summed E-state index contributed by atoms with van der Waals surface area (Å²) in [4.78, 5) is 61.5. The van der Waals surface area contributed by atoms with Crippen LogP contribution >= 0.6 is 0 Å². The van der Waals surface area contributed by atoms with Crippen LogP contribution < -0.4 is 15.1 Å². The number of alkyl halides is 6. The van der Waals surface area contributed by atoms with Gasteiger partial charge in [-0.1, -0.05) is 87.8 Å². The monoisotopic (exact) mass is 1100 g/mol. The van der Waals surface area contributed by atoms with Crippen molar-refractivity contribution in [1.82, 2.24) is 15.1 Å². The van der Waals surface area contributed by atoms with Crippen LogP contribution in [0.25, 0.3) is 0 Å². The van der Waals surface area contributed by atoms with Crippen molar-refractivity contribution in [3.8, 4) is 12.1 Å². The molecule has 0 bridgehead atoms. The van der Waals surface area contributed by atoms with Gasteiger partial charge in [0.2, 0.25) is 0 Å². The minimum Gasteiger partial charge on any atom is -0.463 e. The van der Waals surface area contributed by atoms with Crippen molar-refractivity contribution in [3.63, 3.8) is 0 Å². The fourth-order valence-corrected chi connectivity index (χ4v) is 10.1. The molecule has 4 amide bonds. The van der Waals surface area contributed by atoms with Gasteiger partial charge >= 0.3 is 36.4 Å². The summed E-state index contributed by atoms with van der Waals surface area (Å²) in [5.74, 6) is -1.40. The Morgan fingerprint density at radius 2 is 0.873 bits per heavy atom. The number of carbonyl (C=O) groups is 4. The predicted molar refractivity (Wildman–Crippen MR) is 287 cm³/mol. The molecule has 0 radical (unpaired) electrons. The summed E-state index contributed by atoms with van der Waals surface area (Å²) < 4.78 is 94.0. The molecule has 0 saturated carbocycles. The van der Waals surface area contributed by atoms with E-state index in [0.717, 1.165) is 111 Å². The molecule has 1 N–H and O–H groups in total. The smallest absolute Gasteiger partial charge is 0.416 e. The third-order valence-corrected chi connectivity index (χ3v) is 14.1. The van der Waals surface area contributed by atoms with Gasteiger partial charge in [0.25, 0.3) is 0 Å². The Labute approximate surface area is 458 Å². The summed E-state index contributed by atoms with van der Waals surface area (Å²) in [5.41, 5.74) is 0.460. The van der Waals surface area contributed by atoms with Gasteiger partial charge in [0.05, 0.1) is 82.2 Å². The number of nitrogens with zero attached hydrogens (tertiary/aromatic N) is 6. The minimum atomic E-state index is -4.66. The molecule has 1 unspecified atom stereocenters. The lowest BCUT2D eigenvalue weighted by Gasteiger charge is -2.43. The van der Waals surface area contributed by atoms with Crippen molar-refractivity contribution >= 4 is 35.4 Å². The number of ether oxygens (including phenoxy) is 2. The molecule has 4 aromatic carbocycles. The molecule has 79 heavy (non-hydrogen) atoms. The van der Waals surface area contributed by atoms with Crippen molar-refractivity contribution in [2.24, 2.45) is 0 Å². The first-order valence-corrected chi connectivity index (χ1v) is 26.9. The van der Waals surface area contributed by atoms with Gasteiger partial charge in [0.1, 0.15) is 0 Å². The Bertz CT molecular complexity index is 2710. The number of allylic oxidation sites excluding steroid dienone is 2. The molecule has 2 aliphatic heterocycles. The Morgan fingerprint density at radius 1 is 0.532 bits per heavy atom. The zero-order valence-electron chi connectivity index (χ0n) is 45.0. The van der Waals surface area contributed by atoms with Crippen molar-refractivity contribution in [1.29, 1.82) is 10.5 Å². The molecular weight excluding hydrogens is 1030 g/mol. The van der Waals surface area contributed by atoms with Gasteiger partial charge in [0, 0.05) is 24.5 Å². The van der Waals surface area contributed by atoms with E-state index in [1.165, 1.54) is 47.9 Å². The predicted octanol–water partition coefficient (Wildman–Crippen LogP) is 14.1. The molecule has 0 aromatic heterocycles. The number of rotatable bonds is 26. The average Bonchev–Trinajstić information content (AvgIpc) is 3.49. The van der Waals surface area contributed by atoms with Crippen LogP contribution in [0.3, 0.4) is 0 Å². The maximum absolute atomic E-state index is 14.4. The average molecular weight is 1100 g/mol. The van der Waals surface area contributed by atoms with Crippen molar-refractivity contribution < 1.29 is 55.0 Å². The van der Waals surface area contributed by atoms with Crippen LogP contribution in [-0.2, 0) is 31.4 Å². The van der Waals surface area contributed by atoms with E-state index in [0.29, 0.717) is 35.1 Å². The molecule has 13 nitrogen and oxygen atoms in total. The molecule has 0 saturated heterocycles. The normalized spacial score (nSPS) is 16.1. The van der Waals surface area contributed by atoms with Gasteiger partial charge in [-0.3, -0.25) is 9.80 Å². The highest BCUT2D eigenvalue weighted by Gasteiger charge is 2.45. The van der Waals surface area contributed by atoms with Crippen LogP contribution in [0, 0.1) is 22.7 Å². The van der Waals surface area contributed by atoms with Crippen LogP contribution in [0.5, 0.6) is 0 Å². The number of halogens is 6. The van der Waals surface area contributed by atoms with E-state index in [9.17, 15) is 56.0 Å². The van der Waals surface area contributed by atoms with Crippen LogP contribution in [0.2, 0.25) is 0 Å². The number of nitrogens with one attached hydrogen (secondary N) is 1. The third-order valence-electron chi connectivity index (χ3n) is 14.1. The van der Waals surface area contributed by atoms with Crippen molar-refractivity contribution in [2.75, 3.05) is 49.2 Å². The van der Waals surface area contributed by atoms with Gasteiger partial charge in [-0.2, -0.15) is 36.9 Å². The van der Waals surface area contributed by atoms with Crippen LogP contribution in [0.15, 0.2) is 120 Å². The largest absolute Gasteiger partial charge is 0.463 e. The number of esters is 2. The number of benzene rings is 4. The first-order valence-electron chi connectivity index (χ1n) is 26.9. The van der Waals surface area contributed by atoms with E-state index in [2.05, 4.69) is 17.5 Å². The molecule has 6 rings (SSSR count). The fourth-order valence-electron chi connectivity index (χ4n) is 10.1. The maximum atomic E-state index is 14.4. The number of urea groups is 2. The number of unbranched alkanes of at least 4 members (excludes halogenated alkanes) is 10. The fraction of sp³-hybridized carbons (Fsp3) is 0.433. The molecule has 2 aliphatic rings. The number of hydrogen-bond acceptors (Lipinski definition) is 9. The second kappa shape index (κ2) is 28.3. The van der Waals surface area contributed by atoms with E-state index in [-0.39, 0.29) is 60.2 Å². The molecule has 2 heterocycles. The quantitative estimate of drug-likeness (QED) is 0.0367. The third kappa shape index (κ3) is 15.3. The topological polar surface area (TPSA) is 159 Å². The molecule has 420 valence electrons. The lowest BCUT2D eigenvalue weighted by molar-refractivity contribution is -0.140. The van der Waals surface area contributed by atoms with E-state index in [1.54, 1.807) is 62.4 Å². The number of amides is 4. The Balaban J connectivity index is 0.961. The van der Waals surface area contributed by atoms with Gasteiger partial charge in [-0.25, -0.2) is 19.2 Å². The molecule has 0 spiro atoms. The SMILES string of the molecule is CCOC(=O)C1=C(C)N(c2cccc(C(F)(F)F)c2)C(=O)N(CCCCCCCCNCCCCCCCCN2C(=O)N(c3cccc(C(F)(F)F)c3)C(C)=C(C(=O)OCC)[C@H]2c2ccc(C#N)cc2)C1c1ccc(C#N)cc1. The zero-order valence-corrected chi connectivity index (χ0v) is 45.0. The Kier molecular flexibility index (Phi) is 21.7. The zero-order chi connectivity index (χ0) is 57.3. The van der Waals surface area contributed by atoms with Gasteiger partial charge < -0.3 is 24.6 Å².